The van der Waals surface area contributed by atoms with Crippen molar-refractivity contribution in [3.05, 3.63) is 41.9 Å². The van der Waals surface area contributed by atoms with E-state index in [1.165, 1.54) is 43.2 Å². The van der Waals surface area contributed by atoms with Gasteiger partial charge in [-0.2, -0.15) is 0 Å². The number of aliphatic imine (C=N–C) groups is 2. The van der Waals surface area contributed by atoms with Gasteiger partial charge in [-0.1, -0.05) is 18.2 Å². The van der Waals surface area contributed by atoms with Crippen LogP contribution >= 0.6 is 11.8 Å². The Balaban J connectivity index is 1.96. The number of carbonyl (C=O) groups is 1. The van der Waals surface area contributed by atoms with Crippen LogP contribution < -0.4 is 16.8 Å². The molecule has 0 saturated heterocycles. The molecule has 1 aliphatic heterocycles. The zero-order chi connectivity index (χ0) is 18.7. The van der Waals surface area contributed by atoms with Gasteiger partial charge in [0.15, 0.2) is 5.17 Å². The van der Waals surface area contributed by atoms with E-state index in [2.05, 4.69) is 15.3 Å². The topological polar surface area (TPSA) is 106 Å². The van der Waals surface area contributed by atoms with Crippen molar-refractivity contribution in [3.63, 3.8) is 0 Å². The molecule has 1 aromatic rings. The molecule has 1 fully saturated rings. The summed E-state index contributed by atoms with van der Waals surface area (Å²) in [6, 6.07) is 4.56. The fourth-order valence-electron chi connectivity index (χ4n) is 3.73. The Labute approximate surface area is 156 Å². The van der Waals surface area contributed by atoms with Crippen LogP contribution in [0.5, 0.6) is 0 Å². The molecule has 8 heteroatoms. The van der Waals surface area contributed by atoms with Gasteiger partial charge in [-0.15, -0.1) is 0 Å². The number of carbonyl (C=O) groups excluding carboxylic acids is 1. The Morgan fingerprint density at radius 1 is 1.54 bits per heavy atom. The van der Waals surface area contributed by atoms with E-state index in [4.69, 9.17) is 11.5 Å². The first-order valence-corrected chi connectivity index (χ1v) is 9.43. The van der Waals surface area contributed by atoms with Gasteiger partial charge in [0.25, 0.3) is 5.91 Å². The van der Waals surface area contributed by atoms with Gasteiger partial charge in [-0.25, -0.2) is 4.39 Å². The average Bonchev–Trinajstić information content (AvgIpc) is 3.04. The first kappa shape index (κ1) is 18.4. The van der Waals surface area contributed by atoms with Crippen LogP contribution in [0.3, 0.4) is 0 Å². The predicted molar refractivity (Wildman–Crippen MR) is 105 cm³/mol. The number of halogens is 1. The van der Waals surface area contributed by atoms with Crippen LogP contribution in [-0.4, -0.2) is 29.6 Å². The van der Waals surface area contributed by atoms with E-state index in [1.807, 2.05) is 0 Å². The SMILES string of the molecule is CN=C(/C=C\N)C(=O)Nc1ccc(F)c([C@]23CCC[C@H]2CSC(N)=N3)c1. The van der Waals surface area contributed by atoms with Gasteiger partial charge in [0, 0.05) is 24.1 Å². The molecule has 0 bridgehead atoms. The molecule has 0 spiro atoms. The maximum absolute atomic E-state index is 14.7. The van der Waals surface area contributed by atoms with Crippen molar-refractivity contribution < 1.29 is 9.18 Å². The summed E-state index contributed by atoms with van der Waals surface area (Å²) in [7, 11) is 1.50. The number of thioether (sulfide) groups is 1. The highest BCUT2D eigenvalue weighted by Crippen LogP contribution is 2.51. The highest BCUT2D eigenvalue weighted by molar-refractivity contribution is 8.13. The molecule has 2 atom stereocenters. The number of benzene rings is 1. The average molecular weight is 375 g/mol. The molecule has 0 unspecified atom stereocenters. The van der Waals surface area contributed by atoms with Gasteiger partial charge in [-0.05, 0) is 49.2 Å². The van der Waals surface area contributed by atoms with Crippen molar-refractivity contribution in [3.8, 4) is 0 Å². The molecule has 2 aliphatic rings. The first-order chi connectivity index (χ1) is 12.5. The number of rotatable bonds is 4. The largest absolute Gasteiger partial charge is 0.405 e. The van der Waals surface area contributed by atoms with Crippen LogP contribution in [0, 0.1) is 11.7 Å². The van der Waals surface area contributed by atoms with Crippen LogP contribution in [0.25, 0.3) is 0 Å². The van der Waals surface area contributed by atoms with E-state index < -0.39 is 11.4 Å². The number of nitrogens with two attached hydrogens (primary N) is 2. The van der Waals surface area contributed by atoms with Gasteiger partial charge >= 0.3 is 0 Å². The summed E-state index contributed by atoms with van der Waals surface area (Å²) in [6.07, 6.45) is 5.39. The Bertz CT molecular complexity index is 807. The third kappa shape index (κ3) is 3.33. The van der Waals surface area contributed by atoms with Gasteiger partial charge in [0.2, 0.25) is 0 Å². The summed E-state index contributed by atoms with van der Waals surface area (Å²) in [6.45, 7) is 0. The Kier molecular flexibility index (Phi) is 5.31. The number of hydrogen-bond acceptors (Lipinski definition) is 6. The highest BCUT2D eigenvalue weighted by atomic mass is 32.2. The van der Waals surface area contributed by atoms with Crippen molar-refractivity contribution in [2.75, 3.05) is 18.1 Å². The molecule has 1 aromatic carbocycles. The quantitative estimate of drug-likeness (QED) is 0.703. The third-order valence-corrected chi connectivity index (χ3v) is 5.90. The summed E-state index contributed by atoms with van der Waals surface area (Å²) in [5.41, 5.74) is 11.8. The minimum Gasteiger partial charge on any atom is -0.405 e. The monoisotopic (exact) mass is 375 g/mol. The Morgan fingerprint density at radius 2 is 2.35 bits per heavy atom. The first-order valence-electron chi connectivity index (χ1n) is 8.44. The zero-order valence-corrected chi connectivity index (χ0v) is 15.4. The summed E-state index contributed by atoms with van der Waals surface area (Å²) in [5, 5.41) is 3.24. The minimum atomic E-state index is -0.640. The smallest absolute Gasteiger partial charge is 0.273 e. The lowest BCUT2D eigenvalue weighted by Crippen LogP contribution is -2.37. The summed E-state index contributed by atoms with van der Waals surface area (Å²) >= 11 is 1.52. The molecule has 3 rings (SSSR count). The number of anilines is 1. The number of hydrogen-bond donors (Lipinski definition) is 3. The van der Waals surface area contributed by atoms with Crippen molar-refractivity contribution in [1.29, 1.82) is 0 Å². The maximum atomic E-state index is 14.7. The Hall–Kier alpha value is -2.35. The van der Waals surface area contributed by atoms with Crippen LogP contribution in [0.15, 0.2) is 40.5 Å². The normalized spacial score (nSPS) is 25.8. The van der Waals surface area contributed by atoms with Crippen LogP contribution in [-0.2, 0) is 10.3 Å². The van der Waals surface area contributed by atoms with Crippen molar-refractivity contribution in [2.45, 2.75) is 24.8 Å². The van der Waals surface area contributed by atoms with E-state index in [-0.39, 0.29) is 17.4 Å². The zero-order valence-electron chi connectivity index (χ0n) is 14.5. The second kappa shape index (κ2) is 7.49. The maximum Gasteiger partial charge on any atom is 0.273 e. The van der Waals surface area contributed by atoms with Crippen LogP contribution in [0.4, 0.5) is 10.1 Å². The number of amidine groups is 1. The molecule has 5 N–H and O–H groups in total. The molecular weight excluding hydrogens is 353 g/mol. The molecule has 1 amide bonds. The fourth-order valence-corrected chi connectivity index (χ4v) is 4.77. The molecular formula is C18H22FN5OS. The number of amides is 1. The molecule has 1 saturated carbocycles. The molecule has 0 aromatic heterocycles. The van der Waals surface area contributed by atoms with Crippen molar-refractivity contribution >= 4 is 34.2 Å². The van der Waals surface area contributed by atoms with Crippen LogP contribution in [0.1, 0.15) is 24.8 Å². The summed E-state index contributed by atoms with van der Waals surface area (Å²) in [4.78, 5) is 20.8. The summed E-state index contributed by atoms with van der Waals surface area (Å²) in [5.74, 6) is 0.339. The number of nitrogens with one attached hydrogen (secondary N) is 1. The van der Waals surface area contributed by atoms with Gasteiger partial charge in [0.05, 0.1) is 5.54 Å². The minimum absolute atomic E-state index is 0.187. The highest BCUT2D eigenvalue weighted by Gasteiger charge is 2.48. The Morgan fingerprint density at radius 3 is 3.08 bits per heavy atom. The van der Waals surface area contributed by atoms with Gasteiger partial charge < -0.3 is 16.8 Å². The van der Waals surface area contributed by atoms with E-state index in [1.54, 1.807) is 6.07 Å². The number of fused-ring (bicyclic) bond motifs is 1. The lowest BCUT2D eigenvalue weighted by Gasteiger charge is -2.36. The van der Waals surface area contributed by atoms with Gasteiger partial charge in [-0.3, -0.25) is 14.8 Å². The molecule has 1 aliphatic carbocycles. The fraction of sp³-hybridized carbons (Fsp3) is 0.389. The molecule has 6 nitrogen and oxygen atoms in total. The van der Waals surface area contributed by atoms with Crippen molar-refractivity contribution in [1.82, 2.24) is 0 Å². The predicted octanol–water partition coefficient (Wildman–Crippen LogP) is 2.36. The lowest BCUT2D eigenvalue weighted by atomic mass is 9.81. The molecule has 138 valence electrons. The third-order valence-electron chi connectivity index (χ3n) is 4.95. The van der Waals surface area contributed by atoms with Crippen molar-refractivity contribution in [2.24, 2.45) is 27.4 Å². The van der Waals surface area contributed by atoms with Crippen LogP contribution in [0.2, 0.25) is 0 Å². The standard InChI is InChI=1S/C18H22FN5OS/c1-22-15(6-8-20)16(25)23-12-4-5-14(19)13(9-12)18-7-2-3-11(18)10-26-17(21)24-18/h4-6,8-9,11H,2-3,7,10,20H2,1H3,(H2,21,24)(H,23,25)/b8-6-,22-15?/t11-,18-/m0/s1. The molecule has 26 heavy (non-hydrogen) atoms. The lowest BCUT2D eigenvalue weighted by molar-refractivity contribution is -0.110. The van der Waals surface area contributed by atoms with E-state index >= 15 is 0 Å². The molecule has 0 radical (unpaired) electrons. The van der Waals surface area contributed by atoms with E-state index in [9.17, 15) is 9.18 Å². The second-order valence-electron chi connectivity index (χ2n) is 6.39. The second-order valence-corrected chi connectivity index (χ2v) is 7.43. The number of nitrogens with zero attached hydrogens (tertiary/aromatic N) is 2. The summed E-state index contributed by atoms with van der Waals surface area (Å²) < 4.78 is 14.7. The van der Waals surface area contributed by atoms with E-state index in [0.717, 1.165) is 25.0 Å². The molecule has 1 heterocycles. The van der Waals surface area contributed by atoms with Gasteiger partial charge in [0.1, 0.15) is 11.5 Å². The van der Waals surface area contributed by atoms with E-state index in [0.29, 0.717) is 16.4 Å².